The second kappa shape index (κ2) is 3.30. The zero-order valence-electron chi connectivity index (χ0n) is 6.25. The van der Waals surface area contributed by atoms with E-state index in [1.54, 1.807) is 13.1 Å². The summed E-state index contributed by atoms with van der Waals surface area (Å²) in [5, 5.41) is 15.8. The molecule has 0 bridgehead atoms. The van der Waals surface area contributed by atoms with Gasteiger partial charge in [0.15, 0.2) is 0 Å². The molecular weight excluding hydrogens is 245 g/mol. The summed E-state index contributed by atoms with van der Waals surface area (Å²) >= 11 is 8.43. The number of aromatic nitrogens is 1. The highest BCUT2D eigenvalue weighted by Crippen LogP contribution is 2.26. The maximum absolute atomic E-state index is 9.05. The third kappa shape index (κ3) is 2.17. The van der Waals surface area contributed by atoms with Crippen LogP contribution in [0.5, 0.6) is 0 Å². The Kier molecular flexibility index (Phi) is 2.73. The molecule has 0 saturated heterocycles. The normalized spacial score (nSPS) is 11.8. The van der Waals surface area contributed by atoms with E-state index in [-0.39, 0.29) is 5.56 Å². The molecular formula is C7H7BrClNO2. The number of halogens is 2. The van der Waals surface area contributed by atoms with Gasteiger partial charge in [-0.25, -0.2) is 0 Å². The SMILES string of the molecule is Cc1ncc(Br)cc1C(O)(O)Cl. The van der Waals surface area contributed by atoms with Crippen molar-refractivity contribution < 1.29 is 10.2 Å². The van der Waals surface area contributed by atoms with Gasteiger partial charge in [-0.2, -0.15) is 0 Å². The number of aryl methyl sites for hydroxylation is 1. The van der Waals surface area contributed by atoms with E-state index in [0.29, 0.717) is 10.2 Å². The minimum atomic E-state index is -2.35. The first-order valence-corrected chi connectivity index (χ1v) is 4.34. The van der Waals surface area contributed by atoms with Gasteiger partial charge >= 0.3 is 0 Å². The summed E-state index contributed by atoms with van der Waals surface area (Å²) in [6.07, 6.45) is 1.56. The van der Waals surface area contributed by atoms with Crippen molar-refractivity contribution in [1.82, 2.24) is 4.98 Å². The smallest absolute Gasteiger partial charge is 0.273 e. The highest BCUT2D eigenvalue weighted by Gasteiger charge is 2.24. The molecule has 0 aromatic carbocycles. The summed E-state index contributed by atoms with van der Waals surface area (Å²) in [6.45, 7) is 1.64. The quantitative estimate of drug-likeness (QED) is 0.588. The molecule has 66 valence electrons. The lowest BCUT2D eigenvalue weighted by molar-refractivity contribution is -0.0909. The third-order valence-corrected chi connectivity index (χ3v) is 2.03. The predicted octanol–water partition coefficient (Wildman–Crippen LogP) is 1.49. The van der Waals surface area contributed by atoms with E-state index in [9.17, 15) is 0 Å². The van der Waals surface area contributed by atoms with E-state index in [1.165, 1.54) is 6.07 Å². The molecule has 0 fully saturated rings. The van der Waals surface area contributed by atoms with Crippen molar-refractivity contribution in [3.63, 3.8) is 0 Å². The van der Waals surface area contributed by atoms with Crippen LogP contribution in [0.3, 0.4) is 0 Å². The Hall–Kier alpha value is -0.160. The van der Waals surface area contributed by atoms with E-state index >= 15 is 0 Å². The van der Waals surface area contributed by atoms with Gasteiger partial charge in [0.25, 0.3) is 5.25 Å². The second-order valence-corrected chi connectivity index (χ2v) is 3.82. The number of hydrogen-bond donors (Lipinski definition) is 2. The first-order valence-electron chi connectivity index (χ1n) is 3.17. The summed E-state index contributed by atoms with van der Waals surface area (Å²) in [5.74, 6) is 0. The zero-order valence-corrected chi connectivity index (χ0v) is 8.59. The second-order valence-electron chi connectivity index (χ2n) is 2.37. The van der Waals surface area contributed by atoms with Crippen molar-refractivity contribution in [3.8, 4) is 0 Å². The maximum Gasteiger partial charge on any atom is 0.273 e. The molecule has 2 N–H and O–H groups in total. The molecule has 1 heterocycles. The van der Waals surface area contributed by atoms with Crippen LogP contribution < -0.4 is 0 Å². The van der Waals surface area contributed by atoms with E-state index in [4.69, 9.17) is 21.8 Å². The molecule has 0 spiro atoms. The zero-order chi connectivity index (χ0) is 9.35. The summed E-state index contributed by atoms with van der Waals surface area (Å²) in [4.78, 5) is 3.89. The van der Waals surface area contributed by atoms with Gasteiger partial charge in [-0.1, -0.05) is 11.6 Å². The van der Waals surface area contributed by atoms with Crippen LogP contribution in [0.15, 0.2) is 16.7 Å². The predicted molar refractivity (Wildman–Crippen MR) is 48.6 cm³/mol. The van der Waals surface area contributed by atoms with Gasteiger partial charge < -0.3 is 10.2 Å². The Morgan fingerprint density at radius 1 is 1.58 bits per heavy atom. The molecule has 1 aromatic rings. The molecule has 0 saturated carbocycles. The standard InChI is InChI=1S/C7H7BrClNO2/c1-4-6(7(9,11)12)2-5(8)3-10-4/h2-3,11-12H,1H3. The van der Waals surface area contributed by atoms with Gasteiger partial charge in [0.1, 0.15) is 0 Å². The lowest BCUT2D eigenvalue weighted by Crippen LogP contribution is -2.18. The van der Waals surface area contributed by atoms with Crippen LogP contribution in [-0.4, -0.2) is 15.2 Å². The lowest BCUT2D eigenvalue weighted by atomic mass is 10.2. The van der Waals surface area contributed by atoms with Crippen molar-refractivity contribution in [2.45, 2.75) is 12.2 Å². The molecule has 0 unspecified atom stereocenters. The van der Waals surface area contributed by atoms with Gasteiger partial charge in [-0.05, 0) is 28.9 Å². The number of alkyl halides is 1. The summed E-state index contributed by atoms with van der Waals surface area (Å²) in [5.41, 5.74) is 0.664. The average molecular weight is 252 g/mol. The monoisotopic (exact) mass is 251 g/mol. The number of pyridine rings is 1. The highest BCUT2D eigenvalue weighted by atomic mass is 79.9. The molecule has 1 aromatic heterocycles. The van der Waals surface area contributed by atoms with Crippen LogP contribution in [0.25, 0.3) is 0 Å². The Labute approximate surface area is 83.1 Å². The highest BCUT2D eigenvalue weighted by molar-refractivity contribution is 9.10. The molecule has 1 rings (SSSR count). The van der Waals surface area contributed by atoms with E-state index in [2.05, 4.69) is 20.9 Å². The molecule has 12 heavy (non-hydrogen) atoms. The molecule has 0 amide bonds. The van der Waals surface area contributed by atoms with Crippen LogP contribution >= 0.6 is 27.5 Å². The number of rotatable bonds is 1. The summed E-state index contributed by atoms with van der Waals surface area (Å²) in [7, 11) is 0. The van der Waals surface area contributed by atoms with Gasteiger partial charge in [0, 0.05) is 21.9 Å². The lowest BCUT2D eigenvalue weighted by Gasteiger charge is -2.15. The van der Waals surface area contributed by atoms with Crippen LogP contribution in [0.2, 0.25) is 0 Å². The van der Waals surface area contributed by atoms with Crippen LogP contribution in [-0.2, 0) is 5.25 Å². The maximum atomic E-state index is 9.05. The first kappa shape index (κ1) is 9.92. The number of hydrogen-bond acceptors (Lipinski definition) is 3. The Morgan fingerprint density at radius 2 is 2.17 bits per heavy atom. The van der Waals surface area contributed by atoms with E-state index in [1.807, 2.05) is 0 Å². The van der Waals surface area contributed by atoms with Crippen molar-refractivity contribution in [1.29, 1.82) is 0 Å². The minimum absolute atomic E-state index is 0.179. The van der Waals surface area contributed by atoms with Crippen LogP contribution in [0, 0.1) is 6.92 Å². The van der Waals surface area contributed by atoms with Gasteiger partial charge in [-0.3, -0.25) is 4.98 Å². The van der Waals surface area contributed by atoms with E-state index in [0.717, 1.165) is 0 Å². The fourth-order valence-corrected chi connectivity index (χ4v) is 1.35. The first-order chi connectivity index (χ1) is 5.41. The van der Waals surface area contributed by atoms with Gasteiger partial charge in [-0.15, -0.1) is 0 Å². The van der Waals surface area contributed by atoms with Crippen LogP contribution in [0.4, 0.5) is 0 Å². The minimum Gasteiger partial charge on any atom is -0.350 e. The largest absolute Gasteiger partial charge is 0.350 e. The van der Waals surface area contributed by atoms with Crippen molar-refractivity contribution >= 4 is 27.5 Å². The van der Waals surface area contributed by atoms with Crippen molar-refractivity contribution in [2.75, 3.05) is 0 Å². The topological polar surface area (TPSA) is 53.4 Å². The fraction of sp³-hybridized carbons (Fsp3) is 0.286. The average Bonchev–Trinajstić information content (AvgIpc) is 1.92. The fourth-order valence-electron chi connectivity index (χ4n) is 0.830. The third-order valence-electron chi connectivity index (χ3n) is 1.40. The molecule has 5 heteroatoms. The van der Waals surface area contributed by atoms with Gasteiger partial charge in [0.05, 0.1) is 0 Å². The molecule has 0 aliphatic carbocycles. The van der Waals surface area contributed by atoms with Crippen molar-refractivity contribution in [3.05, 3.63) is 28.0 Å². The Morgan fingerprint density at radius 3 is 2.58 bits per heavy atom. The molecule has 0 atom stereocenters. The summed E-state index contributed by atoms with van der Waals surface area (Å²) < 4.78 is 0.649. The molecule has 3 nitrogen and oxygen atoms in total. The van der Waals surface area contributed by atoms with Crippen molar-refractivity contribution in [2.24, 2.45) is 0 Å². The van der Waals surface area contributed by atoms with Gasteiger partial charge in [0.2, 0.25) is 0 Å². The molecule has 0 aliphatic rings. The Balaban J connectivity index is 3.23. The number of nitrogens with zero attached hydrogens (tertiary/aromatic N) is 1. The van der Waals surface area contributed by atoms with Crippen LogP contribution in [0.1, 0.15) is 11.3 Å². The molecule has 0 radical (unpaired) electrons. The number of aliphatic hydroxyl groups is 2. The Bertz CT molecular complexity index is 298. The van der Waals surface area contributed by atoms with E-state index < -0.39 is 5.25 Å². The molecule has 0 aliphatic heterocycles. The summed E-state index contributed by atoms with van der Waals surface area (Å²) in [6, 6.07) is 1.51.